The lowest BCUT2D eigenvalue weighted by Gasteiger charge is -2.21. The van der Waals surface area contributed by atoms with Crippen LogP contribution >= 0.6 is 15.6 Å². The van der Waals surface area contributed by atoms with Crippen molar-refractivity contribution in [3.63, 3.8) is 0 Å². The van der Waals surface area contributed by atoms with Gasteiger partial charge in [-0.15, -0.1) is 0 Å². The molecular formula is C76H148O17P2. The van der Waals surface area contributed by atoms with Crippen LogP contribution in [0.4, 0.5) is 0 Å². The maximum atomic E-state index is 13.1. The number of carbonyl (C=O) groups excluding carboxylic acids is 4. The topological polar surface area (TPSA) is 237 Å². The van der Waals surface area contributed by atoms with Crippen molar-refractivity contribution in [1.29, 1.82) is 0 Å². The molecule has 95 heavy (non-hydrogen) atoms. The molecule has 0 aromatic rings. The summed E-state index contributed by atoms with van der Waals surface area (Å²) in [5.74, 6) is -0.671. The molecule has 0 spiro atoms. The van der Waals surface area contributed by atoms with E-state index in [0.29, 0.717) is 25.7 Å². The number of esters is 4. The molecule has 0 heterocycles. The average Bonchev–Trinajstić information content (AvgIpc) is 1.96. The normalized spacial score (nSPS) is 14.6. The Morgan fingerprint density at radius 1 is 0.295 bits per heavy atom. The Morgan fingerprint density at radius 3 is 0.747 bits per heavy atom. The molecule has 0 fully saturated rings. The van der Waals surface area contributed by atoms with Gasteiger partial charge in [0.25, 0.3) is 0 Å². The molecule has 0 amide bonds. The second-order valence-electron chi connectivity index (χ2n) is 27.9. The molecule has 0 aliphatic carbocycles. The van der Waals surface area contributed by atoms with E-state index in [1.165, 1.54) is 205 Å². The van der Waals surface area contributed by atoms with Gasteiger partial charge in [0.1, 0.15) is 19.3 Å². The van der Waals surface area contributed by atoms with E-state index in [-0.39, 0.29) is 25.7 Å². The lowest BCUT2D eigenvalue weighted by Crippen LogP contribution is -2.30. The molecule has 0 bridgehead atoms. The van der Waals surface area contributed by atoms with Crippen LogP contribution in [0.15, 0.2) is 0 Å². The van der Waals surface area contributed by atoms with Gasteiger partial charge in [-0.05, 0) is 37.5 Å². The molecular weight excluding hydrogens is 1250 g/mol. The standard InChI is InChI=1S/C76H148O17P2/c1-7-11-13-15-17-19-21-23-24-25-26-27-28-29-30-31-33-35-37-39-48-54-60-75(80)92-71(64-86-73(78)58-52-46-38-36-34-32-22-20-18-16-14-12-8-2)66-90-94(82,83)88-62-70(77)63-89-95(84,85)91-67-72(93-76(81)61-55-49-43-41-45-51-57-69(6)10-4)65-87-74(79)59-53-47-42-40-44-50-56-68(5)9-3/h68-72,77H,7-67H2,1-6H3,(H,82,83)(H,84,85)/t68?,69?,70-,71-,72-/m1/s1. The highest BCUT2D eigenvalue weighted by molar-refractivity contribution is 7.47. The fourth-order valence-corrected chi connectivity index (χ4v) is 13.2. The molecule has 19 heteroatoms. The summed E-state index contributed by atoms with van der Waals surface area (Å²) in [7, 11) is -9.91. The van der Waals surface area contributed by atoms with Crippen LogP contribution in [0, 0.1) is 11.8 Å². The summed E-state index contributed by atoms with van der Waals surface area (Å²) in [5.41, 5.74) is 0. The van der Waals surface area contributed by atoms with Crippen LogP contribution in [0.25, 0.3) is 0 Å². The smallest absolute Gasteiger partial charge is 0.462 e. The average molecular weight is 1400 g/mol. The third-order valence-electron chi connectivity index (χ3n) is 18.4. The van der Waals surface area contributed by atoms with E-state index in [0.717, 1.165) is 108 Å². The lowest BCUT2D eigenvalue weighted by molar-refractivity contribution is -0.161. The van der Waals surface area contributed by atoms with Crippen LogP contribution in [0.1, 0.15) is 395 Å². The van der Waals surface area contributed by atoms with Crippen molar-refractivity contribution in [1.82, 2.24) is 0 Å². The number of rotatable bonds is 75. The van der Waals surface area contributed by atoms with E-state index in [9.17, 15) is 43.2 Å². The van der Waals surface area contributed by atoms with Gasteiger partial charge in [0.2, 0.25) is 0 Å². The zero-order valence-corrected chi connectivity index (χ0v) is 63.8. The molecule has 564 valence electrons. The Labute approximate surface area is 581 Å². The van der Waals surface area contributed by atoms with Crippen molar-refractivity contribution in [2.45, 2.75) is 413 Å². The van der Waals surface area contributed by atoms with Crippen LogP contribution in [0.5, 0.6) is 0 Å². The highest BCUT2D eigenvalue weighted by Gasteiger charge is 2.30. The summed E-state index contributed by atoms with van der Waals surface area (Å²) in [4.78, 5) is 72.7. The summed E-state index contributed by atoms with van der Waals surface area (Å²) in [5, 5.41) is 10.6. The number of hydrogen-bond acceptors (Lipinski definition) is 15. The molecule has 0 rings (SSSR count). The number of hydrogen-bond donors (Lipinski definition) is 3. The molecule has 0 aliphatic rings. The first-order chi connectivity index (χ1) is 45.9. The van der Waals surface area contributed by atoms with Crippen molar-refractivity contribution < 1.29 is 80.2 Å². The first-order valence-corrected chi connectivity index (χ1v) is 42.6. The van der Waals surface area contributed by atoms with Crippen molar-refractivity contribution in [3.8, 4) is 0 Å². The van der Waals surface area contributed by atoms with Gasteiger partial charge in [-0.2, -0.15) is 0 Å². The summed E-state index contributed by atoms with van der Waals surface area (Å²) in [6.45, 7) is 9.49. The van der Waals surface area contributed by atoms with Crippen molar-refractivity contribution in [2.24, 2.45) is 11.8 Å². The van der Waals surface area contributed by atoms with Gasteiger partial charge < -0.3 is 33.8 Å². The van der Waals surface area contributed by atoms with E-state index in [4.69, 9.17) is 37.0 Å². The number of phosphoric ester groups is 2. The number of ether oxygens (including phenoxy) is 4. The van der Waals surface area contributed by atoms with Gasteiger partial charge in [0.15, 0.2) is 12.2 Å². The second kappa shape index (κ2) is 67.9. The summed E-state index contributed by atoms with van der Waals surface area (Å²) in [6.07, 6.45) is 55.8. The van der Waals surface area contributed by atoms with E-state index >= 15 is 0 Å². The minimum absolute atomic E-state index is 0.102. The Bertz CT molecular complexity index is 1840. The predicted molar refractivity (Wildman–Crippen MR) is 386 cm³/mol. The third-order valence-corrected chi connectivity index (χ3v) is 20.3. The van der Waals surface area contributed by atoms with Crippen LogP contribution in [0.3, 0.4) is 0 Å². The lowest BCUT2D eigenvalue weighted by atomic mass is 10.00. The minimum Gasteiger partial charge on any atom is -0.462 e. The predicted octanol–water partition coefficient (Wildman–Crippen LogP) is 22.3. The fraction of sp³-hybridized carbons (Fsp3) is 0.947. The number of aliphatic hydroxyl groups is 1. The van der Waals surface area contributed by atoms with Crippen LogP contribution in [-0.2, 0) is 65.4 Å². The maximum absolute atomic E-state index is 13.1. The molecule has 3 N–H and O–H groups in total. The van der Waals surface area contributed by atoms with E-state index < -0.39 is 97.5 Å². The highest BCUT2D eigenvalue weighted by Crippen LogP contribution is 2.45. The van der Waals surface area contributed by atoms with Gasteiger partial charge >= 0.3 is 39.5 Å². The Kier molecular flexibility index (Phi) is 66.5. The van der Waals surface area contributed by atoms with Crippen LogP contribution < -0.4 is 0 Å². The van der Waals surface area contributed by atoms with E-state index in [2.05, 4.69) is 41.5 Å². The zero-order chi connectivity index (χ0) is 70.0. The highest BCUT2D eigenvalue weighted by atomic mass is 31.2. The molecule has 0 aliphatic heterocycles. The molecule has 0 saturated heterocycles. The van der Waals surface area contributed by atoms with Crippen molar-refractivity contribution in [2.75, 3.05) is 39.6 Å². The van der Waals surface area contributed by atoms with E-state index in [1.807, 2.05) is 0 Å². The van der Waals surface area contributed by atoms with Gasteiger partial charge in [-0.3, -0.25) is 37.3 Å². The monoisotopic (exact) mass is 1400 g/mol. The second-order valence-corrected chi connectivity index (χ2v) is 30.8. The largest absolute Gasteiger partial charge is 0.472 e. The first-order valence-electron chi connectivity index (χ1n) is 39.6. The summed E-state index contributed by atoms with van der Waals surface area (Å²) >= 11 is 0. The number of aliphatic hydroxyl groups excluding tert-OH is 1. The van der Waals surface area contributed by atoms with E-state index in [1.54, 1.807) is 0 Å². The summed E-state index contributed by atoms with van der Waals surface area (Å²) in [6, 6.07) is 0. The molecule has 0 aromatic carbocycles. The molecule has 7 atom stereocenters. The van der Waals surface area contributed by atoms with Crippen molar-refractivity contribution in [3.05, 3.63) is 0 Å². The number of phosphoric acid groups is 2. The molecule has 0 aromatic heterocycles. The van der Waals surface area contributed by atoms with Gasteiger partial charge in [0.05, 0.1) is 26.4 Å². The quantitative estimate of drug-likeness (QED) is 0.0222. The minimum atomic E-state index is -4.96. The number of unbranched alkanes of at least 4 members (excludes halogenated alkanes) is 43. The van der Waals surface area contributed by atoms with Crippen LogP contribution in [0.2, 0.25) is 0 Å². The Balaban J connectivity index is 5.18. The Hall–Kier alpha value is -1.94. The van der Waals surface area contributed by atoms with Gasteiger partial charge in [-0.1, -0.05) is 343 Å². The third kappa shape index (κ3) is 67.6. The fourth-order valence-electron chi connectivity index (χ4n) is 11.6. The molecule has 0 saturated carbocycles. The first kappa shape index (κ1) is 93.1. The molecule has 4 unspecified atom stereocenters. The SMILES string of the molecule is CCCCCCCCCCCCCCCCCCCCCCCCC(=O)O[C@H](COC(=O)CCCCCCCCCCCCCCC)COP(=O)(O)OC[C@@H](O)COP(=O)(O)OC[C@@H](COC(=O)CCCCCCCCC(C)CC)OC(=O)CCCCCCCCC(C)CC. The van der Waals surface area contributed by atoms with Crippen LogP contribution in [-0.4, -0.2) is 96.7 Å². The van der Waals surface area contributed by atoms with Gasteiger partial charge in [-0.25, -0.2) is 9.13 Å². The molecule has 17 nitrogen and oxygen atoms in total. The Morgan fingerprint density at radius 2 is 0.505 bits per heavy atom. The maximum Gasteiger partial charge on any atom is 0.472 e. The summed E-state index contributed by atoms with van der Waals surface area (Å²) < 4.78 is 68.4. The molecule has 0 radical (unpaired) electrons. The number of carbonyl (C=O) groups is 4. The van der Waals surface area contributed by atoms with Crippen molar-refractivity contribution >= 4 is 39.5 Å². The van der Waals surface area contributed by atoms with Gasteiger partial charge in [0, 0.05) is 25.7 Å². The zero-order valence-electron chi connectivity index (χ0n) is 62.0.